The van der Waals surface area contributed by atoms with E-state index in [0.717, 1.165) is 6.07 Å². The van der Waals surface area contributed by atoms with Gasteiger partial charge in [0.1, 0.15) is 5.82 Å². The summed E-state index contributed by atoms with van der Waals surface area (Å²) in [5, 5.41) is 18.3. The number of amides is 1. The molecule has 0 aliphatic carbocycles. The summed E-state index contributed by atoms with van der Waals surface area (Å²) in [5.74, 6) is 4.27. The van der Waals surface area contributed by atoms with E-state index >= 15 is 0 Å². The highest BCUT2D eigenvalue weighted by Crippen LogP contribution is 2.12. The Kier molecular flexibility index (Phi) is 4.90. The maximum Gasteiger partial charge on any atom is 0.259 e. The molecule has 6 nitrogen and oxygen atoms in total. The number of nitrogens with one attached hydrogen (secondary N) is 1. The van der Waals surface area contributed by atoms with Crippen LogP contribution in [0.5, 0.6) is 0 Å². The second-order valence-electron chi connectivity index (χ2n) is 3.89. The number of hydrogen-bond donors (Lipinski definition) is 2. The van der Waals surface area contributed by atoms with Crippen LogP contribution in [0, 0.1) is 17.7 Å². The van der Waals surface area contributed by atoms with Crippen LogP contribution in [0.2, 0.25) is 0 Å². The second-order valence-corrected chi connectivity index (χ2v) is 3.89. The topological polar surface area (TPSA) is 88.0 Å². The predicted octanol–water partition coefficient (Wildman–Crippen LogP) is 0.997. The fourth-order valence-electron chi connectivity index (χ4n) is 1.50. The maximum absolute atomic E-state index is 13.3. The van der Waals surface area contributed by atoms with E-state index in [0.29, 0.717) is 5.56 Å². The molecule has 0 spiro atoms. The average molecular weight is 286 g/mol. The fourth-order valence-corrected chi connectivity index (χ4v) is 1.50. The van der Waals surface area contributed by atoms with Crippen molar-refractivity contribution in [3.05, 3.63) is 47.5 Å². The van der Waals surface area contributed by atoms with Crippen molar-refractivity contribution in [3.63, 3.8) is 0 Å². The number of aliphatic hydroxyl groups is 1. The van der Waals surface area contributed by atoms with Gasteiger partial charge in [0.25, 0.3) is 5.91 Å². The van der Waals surface area contributed by atoms with Crippen molar-refractivity contribution in [2.75, 3.05) is 11.9 Å². The second kappa shape index (κ2) is 7.07. The largest absolute Gasteiger partial charge is 0.395 e. The number of halogens is 1. The molecule has 0 saturated carbocycles. The lowest BCUT2D eigenvalue weighted by Gasteiger charge is -2.05. The third-order valence-corrected chi connectivity index (χ3v) is 2.39. The minimum atomic E-state index is -0.587. The molecule has 0 unspecified atom stereocenters. The molecule has 0 fully saturated rings. The first-order chi connectivity index (χ1) is 10.2. The number of aromatic nitrogens is 3. The molecule has 0 saturated heterocycles. The first kappa shape index (κ1) is 14.6. The van der Waals surface area contributed by atoms with Crippen LogP contribution in [0.25, 0.3) is 0 Å². The number of carbonyl (C=O) groups excluding carboxylic acids is 1. The van der Waals surface area contributed by atoms with Gasteiger partial charge >= 0.3 is 0 Å². The lowest BCUT2D eigenvalue weighted by molar-refractivity contribution is 0.102. The number of aliphatic hydroxyl groups excluding tert-OH is 1. The minimum absolute atomic E-state index is 0.0148. The van der Waals surface area contributed by atoms with Gasteiger partial charge < -0.3 is 5.11 Å². The molecular weight excluding hydrogens is 275 g/mol. The van der Waals surface area contributed by atoms with E-state index in [1.54, 1.807) is 0 Å². The van der Waals surface area contributed by atoms with E-state index in [2.05, 4.69) is 32.3 Å². The van der Waals surface area contributed by atoms with E-state index < -0.39 is 11.7 Å². The summed E-state index contributed by atoms with van der Waals surface area (Å²) >= 11 is 0. The Morgan fingerprint density at radius 2 is 2.24 bits per heavy atom. The third kappa shape index (κ3) is 4.06. The summed E-state index contributed by atoms with van der Waals surface area (Å²) in [6.07, 6.45) is 3.00. The molecule has 2 rings (SSSR count). The highest BCUT2D eigenvalue weighted by Gasteiger charge is 2.13. The van der Waals surface area contributed by atoms with Gasteiger partial charge in [-0.2, -0.15) is 5.10 Å². The van der Waals surface area contributed by atoms with E-state index in [9.17, 15) is 9.18 Å². The zero-order chi connectivity index (χ0) is 15.1. The molecule has 0 aliphatic rings. The van der Waals surface area contributed by atoms with Crippen LogP contribution in [0.3, 0.4) is 0 Å². The van der Waals surface area contributed by atoms with Gasteiger partial charge in [-0.3, -0.25) is 10.1 Å². The SMILES string of the molecule is O=C(Nc1nccnn1)c1cc(F)ccc1C#CCCO. The van der Waals surface area contributed by atoms with E-state index in [1.165, 1.54) is 24.5 Å². The monoisotopic (exact) mass is 286 g/mol. The summed E-state index contributed by atoms with van der Waals surface area (Å²) in [7, 11) is 0. The Hall–Kier alpha value is -2.85. The van der Waals surface area contributed by atoms with Gasteiger partial charge in [0.15, 0.2) is 0 Å². The number of nitrogens with zero attached hydrogens (tertiary/aromatic N) is 3. The minimum Gasteiger partial charge on any atom is -0.395 e. The quantitative estimate of drug-likeness (QED) is 0.822. The molecule has 1 aromatic carbocycles. The summed E-state index contributed by atoms with van der Waals surface area (Å²) in [5.41, 5.74) is 0.416. The molecule has 2 N–H and O–H groups in total. The maximum atomic E-state index is 13.3. The molecule has 0 atom stereocenters. The number of hydrogen-bond acceptors (Lipinski definition) is 5. The third-order valence-electron chi connectivity index (χ3n) is 2.39. The van der Waals surface area contributed by atoms with Crippen molar-refractivity contribution in [3.8, 4) is 11.8 Å². The fraction of sp³-hybridized carbons (Fsp3) is 0.143. The van der Waals surface area contributed by atoms with Gasteiger partial charge in [0, 0.05) is 12.0 Å². The molecular formula is C14H11FN4O2. The Balaban J connectivity index is 2.27. The smallest absolute Gasteiger partial charge is 0.259 e. The van der Waals surface area contributed by atoms with Crippen LogP contribution < -0.4 is 5.32 Å². The lowest BCUT2D eigenvalue weighted by atomic mass is 10.1. The molecule has 0 bridgehead atoms. The molecule has 1 aromatic heterocycles. The zero-order valence-electron chi connectivity index (χ0n) is 10.9. The first-order valence-corrected chi connectivity index (χ1v) is 6.05. The molecule has 1 amide bonds. The Morgan fingerprint density at radius 1 is 1.38 bits per heavy atom. The highest BCUT2D eigenvalue weighted by atomic mass is 19.1. The van der Waals surface area contributed by atoms with Gasteiger partial charge in [-0.1, -0.05) is 11.8 Å². The van der Waals surface area contributed by atoms with Gasteiger partial charge in [0.05, 0.1) is 24.6 Å². The number of benzene rings is 1. The van der Waals surface area contributed by atoms with Crippen molar-refractivity contribution in [1.82, 2.24) is 15.2 Å². The molecule has 7 heteroatoms. The Bertz CT molecular complexity index is 695. The summed E-state index contributed by atoms with van der Waals surface area (Å²) in [6, 6.07) is 3.69. The van der Waals surface area contributed by atoms with E-state index in [1.807, 2.05) is 0 Å². The molecule has 0 radical (unpaired) electrons. The molecule has 0 aliphatic heterocycles. The zero-order valence-corrected chi connectivity index (χ0v) is 10.9. The Morgan fingerprint density at radius 3 is 2.95 bits per heavy atom. The molecule has 21 heavy (non-hydrogen) atoms. The lowest BCUT2D eigenvalue weighted by Crippen LogP contribution is -2.16. The van der Waals surface area contributed by atoms with Crippen molar-refractivity contribution >= 4 is 11.9 Å². The molecule has 1 heterocycles. The van der Waals surface area contributed by atoms with Gasteiger partial charge in [-0.25, -0.2) is 9.37 Å². The van der Waals surface area contributed by atoms with E-state index in [-0.39, 0.29) is 24.5 Å². The normalized spacial score (nSPS) is 9.62. The molecule has 106 valence electrons. The van der Waals surface area contributed by atoms with Crippen LogP contribution in [0.1, 0.15) is 22.3 Å². The Labute approximate surface area is 120 Å². The number of carbonyl (C=O) groups is 1. The van der Waals surface area contributed by atoms with E-state index in [4.69, 9.17) is 5.11 Å². The predicted molar refractivity (Wildman–Crippen MR) is 72.8 cm³/mol. The molecule has 2 aromatic rings. The van der Waals surface area contributed by atoms with Crippen molar-refractivity contribution in [1.29, 1.82) is 0 Å². The number of rotatable bonds is 3. The van der Waals surface area contributed by atoms with Crippen molar-refractivity contribution in [2.45, 2.75) is 6.42 Å². The van der Waals surface area contributed by atoms with Crippen LogP contribution in [-0.2, 0) is 0 Å². The van der Waals surface area contributed by atoms with Crippen molar-refractivity contribution < 1.29 is 14.3 Å². The summed E-state index contributed by atoms with van der Waals surface area (Å²) < 4.78 is 13.3. The van der Waals surface area contributed by atoms with Gasteiger partial charge in [-0.15, -0.1) is 5.10 Å². The summed E-state index contributed by atoms with van der Waals surface area (Å²) in [4.78, 5) is 15.9. The average Bonchev–Trinajstić information content (AvgIpc) is 2.50. The van der Waals surface area contributed by atoms with Crippen LogP contribution >= 0.6 is 0 Å². The van der Waals surface area contributed by atoms with Gasteiger partial charge in [-0.05, 0) is 18.2 Å². The van der Waals surface area contributed by atoms with Crippen molar-refractivity contribution in [2.24, 2.45) is 0 Å². The summed E-state index contributed by atoms with van der Waals surface area (Å²) in [6.45, 7) is -0.0841. The van der Waals surface area contributed by atoms with Crippen LogP contribution in [-0.4, -0.2) is 32.8 Å². The number of anilines is 1. The standard InChI is InChI=1S/C14H11FN4O2/c15-11-5-4-10(3-1-2-8-20)12(9-11)13(21)18-14-16-6-7-17-19-14/h4-7,9,20H,2,8H2,(H,16,18,19,21). The van der Waals surface area contributed by atoms with Crippen LogP contribution in [0.15, 0.2) is 30.6 Å². The van der Waals surface area contributed by atoms with Gasteiger partial charge in [0.2, 0.25) is 5.95 Å². The van der Waals surface area contributed by atoms with Crippen LogP contribution in [0.4, 0.5) is 10.3 Å². The highest BCUT2D eigenvalue weighted by molar-refractivity contribution is 6.05. The first-order valence-electron chi connectivity index (χ1n) is 6.05.